The van der Waals surface area contributed by atoms with E-state index in [0.717, 1.165) is 0 Å². The molecule has 0 saturated carbocycles. The van der Waals surface area contributed by atoms with Crippen molar-refractivity contribution in [1.29, 1.82) is 0 Å². The van der Waals surface area contributed by atoms with Gasteiger partial charge in [-0.25, -0.2) is 8.42 Å². The lowest BCUT2D eigenvalue weighted by atomic mass is 10.1. The van der Waals surface area contributed by atoms with Gasteiger partial charge in [-0.15, -0.1) is 0 Å². The molecule has 16 heavy (non-hydrogen) atoms. The predicted molar refractivity (Wildman–Crippen MR) is 60.2 cm³/mol. The maximum Gasteiger partial charge on any atom is 0.180 e. The van der Waals surface area contributed by atoms with Gasteiger partial charge in [0.25, 0.3) is 0 Å². The standard InChI is InChI=1S/C11H14O4S/c1-2-11(13)9-4-3-5-10(8-9)16(14,15)7-6-12/h3-5,8,12H,2,6-7H2,1H3. The van der Waals surface area contributed by atoms with Crippen molar-refractivity contribution in [2.75, 3.05) is 12.4 Å². The predicted octanol–water partition coefficient (Wildman–Crippen LogP) is 1.05. The quantitative estimate of drug-likeness (QED) is 0.783. The normalized spacial score (nSPS) is 11.4. The summed E-state index contributed by atoms with van der Waals surface area (Å²) in [7, 11) is -3.48. The molecule has 0 aromatic heterocycles. The molecule has 0 aliphatic carbocycles. The van der Waals surface area contributed by atoms with Gasteiger partial charge in [0.1, 0.15) is 0 Å². The number of sulfone groups is 1. The van der Waals surface area contributed by atoms with Crippen molar-refractivity contribution in [3.8, 4) is 0 Å². The Kier molecular flexibility index (Phi) is 4.20. The number of Topliss-reactive ketones (excluding diaryl/α,β-unsaturated/α-hetero) is 1. The first-order valence-electron chi connectivity index (χ1n) is 4.98. The van der Waals surface area contributed by atoms with E-state index in [1.165, 1.54) is 18.2 Å². The number of benzene rings is 1. The summed E-state index contributed by atoms with van der Waals surface area (Å²) in [6.45, 7) is 1.30. The van der Waals surface area contributed by atoms with Crippen molar-refractivity contribution < 1.29 is 18.3 Å². The Morgan fingerprint density at radius 1 is 1.38 bits per heavy atom. The summed E-state index contributed by atoms with van der Waals surface area (Å²) in [6.07, 6.45) is 0.337. The van der Waals surface area contributed by atoms with Gasteiger partial charge < -0.3 is 5.11 Å². The smallest absolute Gasteiger partial charge is 0.180 e. The second-order valence-corrected chi connectivity index (χ2v) is 5.46. The van der Waals surface area contributed by atoms with E-state index in [0.29, 0.717) is 12.0 Å². The van der Waals surface area contributed by atoms with Crippen molar-refractivity contribution in [2.45, 2.75) is 18.2 Å². The average Bonchev–Trinajstić information content (AvgIpc) is 2.28. The van der Waals surface area contributed by atoms with Gasteiger partial charge in [-0.05, 0) is 12.1 Å². The minimum Gasteiger partial charge on any atom is -0.395 e. The summed E-state index contributed by atoms with van der Waals surface area (Å²) >= 11 is 0. The van der Waals surface area contributed by atoms with E-state index in [9.17, 15) is 13.2 Å². The SMILES string of the molecule is CCC(=O)c1cccc(S(=O)(=O)CCO)c1. The maximum atomic E-state index is 11.6. The molecule has 4 nitrogen and oxygen atoms in total. The average molecular weight is 242 g/mol. The van der Waals surface area contributed by atoms with Gasteiger partial charge in [0.05, 0.1) is 17.3 Å². The Balaban J connectivity index is 3.13. The molecule has 88 valence electrons. The maximum absolute atomic E-state index is 11.6. The van der Waals surface area contributed by atoms with Gasteiger partial charge in [0.2, 0.25) is 0 Å². The largest absolute Gasteiger partial charge is 0.395 e. The number of carbonyl (C=O) groups excluding carboxylic acids is 1. The van der Waals surface area contributed by atoms with E-state index in [2.05, 4.69) is 0 Å². The van der Waals surface area contributed by atoms with Gasteiger partial charge in [-0.1, -0.05) is 19.1 Å². The Hall–Kier alpha value is -1.20. The summed E-state index contributed by atoms with van der Waals surface area (Å²) in [6, 6.07) is 5.91. The fraction of sp³-hybridized carbons (Fsp3) is 0.364. The first-order valence-corrected chi connectivity index (χ1v) is 6.63. The van der Waals surface area contributed by atoms with Crippen LogP contribution in [0.4, 0.5) is 0 Å². The third-order valence-electron chi connectivity index (χ3n) is 2.20. The second-order valence-electron chi connectivity index (χ2n) is 3.35. The van der Waals surface area contributed by atoms with Crippen molar-refractivity contribution >= 4 is 15.6 Å². The summed E-state index contributed by atoms with van der Waals surface area (Å²) < 4.78 is 23.2. The van der Waals surface area contributed by atoms with E-state index in [-0.39, 0.29) is 16.4 Å². The van der Waals surface area contributed by atoms with Crippen LogP contribution in [0.25, 0.3) is 0 Å². The van der Waals surface area contributed by atoms with E-state index in [1.54, 1.807) is 13.0 Å². The molecule has 1 N–H and O–H groups in total. The summed E-state index contributed by atoms with van der Waals surface area (Å²) in [5, 5.41) is 8.64. The van der Waals surface area contributed by atoms with Gasteiger partial charge in [-0.2, -0.15) is 0 Å². The minimum atomic E-state index is -3.48. The van der Waals surface area contributed by atoms with Crippen LogP contribution >= 0.6 is 0 Å². The molecular formula is C11H14O4S. The van der Waals surface area contributed by atoms with Crippen LogP contribution in [-0.4, -0.2) is 31.7 Å². The monoisotopic (exact) mass is 242 g/mol. The van der Waals surface area contributed by atoms with Crippen LogP contribution in [0.5, 0.6) is 0 Å². The fourth-order valence-corrected chi connectivity index (χ4v) is 2.37. The molecule has 1 aromatic rings. The van der Waals surface area contributed by atoms with Crippen molar-refractivity contribution in [3.63, 3.8) is 0 Å². The number of hydrogen-bond donors (Lipinski definition) is 1. The molecule has 0 amide bonds. The van der Waals surface area contributed by atoms with Crippen LogP contribution in [0.3, 0.4) is 0 Å². The molecule has 0 fully saturated rings. The number of aliphatic hydroxyl groups is 1. The number of hydrogen-bond acceptors (Lipinski definition) is 4. The number of ketones is 1. The number of aliphatic hydroxyl groups excluding tert-OH is 1. The zero-order valence-corrected chi connectivity index (χ0v) is 9.83. The Morgan fingerprint density at radius 2 is 2.06 bits per heavy atom. The third-order valence-corrected chi connectivity index (χ3v) is 3.89. The van der Waals surface area contributed by atoms with Crippen LogP contribution in [0, 0.1) is 0 Å². The Morgan fingerprint density at radius 3 is 2.62 bits per heavy atom. The van der Waals surface area contributed by atoms with Gasteiger partial charge >= 0.3 is 0 Å². The molecule has 0 aliphatic rings. The third kappa shape index (κ3) is 2.90. The highest BCUT2D eigenvalue weighted by Crippen LogP contribution is 2.14. The van der Waals surface area contributed by atoms with Crippen LogP contribution in [0.1, 0.15) is 23.7 Å². The lowest BCUT2D eigenvalue weighted by Crippen LogP contribution is -2.10. The zero-order chi connectivity index (χ0) is 12.2. The van der Waals surface area contributed by atoms with Crippen LogP contribution in [0.2, 0.25) is 0 Å². The Bertz CT molecular complexity index is 477. The Labute approximate surface area is 94.8 Å². The first-order chi connectivity index (χ1) is 7.51. The van der Waals surface area contributed by atoms with Crippen molar-refractivity contribution in [3.05, 3.63) is 29.8 Å². The highest BCUT2D eigenvalue weighted by molar-refractivity contribution is 7.91. The molecule has 5 heteroatoms. The number of rotatable bonds is 5. The lowest BCUT2D eigenvalue weighted by molar-refractivity contribution is 0.0988. The molecule has 0 heterocycles. The molecule has 0 bridgehead atoms. The van der Waals surface area contributed by atoms with E-state index in [1.807, 2.05) is 0 Å². The van der Waals surface area contributed by atoms with Gasteiger partial charge in [-0.3, -0.25) is 4.79 Å². The van der Waals surface area contributed by atoms with Crippen LogP contribution < -0.4 is 0 Å². The molecule has 0 saturated heterocycles. The van der Waals surface area contributed by atoms with Gasteiger partial charge in [0.15, 0.2) is 15.6 Å². The zero-order valence-electron chi connectivity index (χ0n) is 9.01. The van der Waals surface area contributed by atoms with Crippen molar-refractivity contribution in [2.24, 2.45) is 0 Å². The minimum absolute atomic E-state index is 0.0841. The van der Waals surface area contributed by atoms with E-state index < -0.39 is 16.4 Å². The first kappa shape index (κ1) is 12.9. The molecule has 0 unspecified atom stereocenters. The number of carbonyl (C=O) groups is 1. The molecular weight excluding hydrogens is 228 g/mol. The highest BCUT2D eigenvalue weighted by Gasteiger charge is 2.15. The van der Waals surface area contributed by atoms with E-state index >= 15 is 0 Å². The molecule has 0 atom stereocenters. The highest BCUT2D eigenvalue weighted by atomic mass is 32.2. The van der Waals surface area contributed by atoms with E-state index in [4.69, 9.17) is 5.11 Å². The van der Waals surface area contributed by atoms with Crippen LogP contribution in [0.15, 0.2) is 29.2 Å². The molecule has 0 radical (unpaired) electrons. The second kappa shape index (κ2) is 5.23. The molecule has 0 spiro atoms. The van der Waals surface area contributed by atoms with Gasteiger partial charge in [0, 0.05) is 12.0 Å². The molecule has 0 aliphatic heterocycles. The lowest BCUT2D eigenvalue weighted by Gasteiger charge is -2.04. The summed E-state index contributed by atoms with van der Waals surface area (Å²) in [5.41, 5.74) is 0.390. The van der Waals surface area contributed by atoms with Crippen molar-refractivity contribution in [1.82, 2.24) is 0 Å². The topological polar surface area (TPSA) is 71.4 Å². The molecule has 1 rings (SSSR count). The summed E-state index contributed by atoms with van der Waals surface area (Å²) in [5.74, 6) is -0.419. The fourth-order valence-electron chi connectivity index (χ4n) is 1.31. The summed E-state index contributed by atoms with van der Waals surface area (Å²) in [4.78, 5) is 11.5. The molecule has 1 aromatic carbocycles. The van der Waals surface area contributed by atoms with Crippen LogP contribution in [-0.2, 0) is 9.84 Å².